The van der Waals surface area contributed by atoms with Gasteiger partial charge in [0.2, 0.25) is 5.16 Å². The summed E-state index contributed by atoms with van der Waals surface area (Å²) in [5.41, 5.74) is 5.07. The normalized spacial score (nSPS) is 16.0. The summed E-state index contributed by atoms with van der Waals surface area (Å²) in [5.74, 6) is 1.99. The first-order valence-corrected chi connectivity index (χ1v) is 12.1. The van der Waals surface area contributed by atoms with E-state index in [-0.39, 0.29) is 11.7 Å². The van der Waals surface area contributed by atoms with Gasteiger partial charge in [-0.25, -0.2) is 9.50 Å². The second kappa shape index (κ2) is 8.68. The van der Waals surface area contributed by atoms with Crippen LogP contribution in [0.15, 0.2) is 59.9 Å². The molecule has 0 bridgehead atoms. The van der Waals surface area contributed by atoms with Crippen molar-refractivity contribution in [1.29, 1.82) is 0 Å². The smallest absolute Gasteiger partial charge is 0.253 e. The molecule has 5 rings (SSSR count). The summed E-state index contributed by atoms with van der Waals surface area (Å²) in [6.45, 7) is 4.37. The van der Waals surface area contributed by atoms with Crippen LogP contribution >= 0.6 is 23.4 Å². The molecule has 0 spiro atoms. The number of carbonyl (C=O) groups excluding carboxylic acids is 1. The van der Waals surface area contributed by atoms with Crippen LogP contribution in [0.25, 0.3) is 5.78 Å². The van der Waals surface area contributed by atoms with E-state index in [2.05, 4.69) is 48.2 Å². The van der Waals surface area contributed by atoms with Gasteiger partial charge in [-0.05, 0) is 47.1 Å². The second-order valence-electron chi connectivity index (χ2n) is 8.51. The molecular formula is C25H23ClN4OS. The fourth-order valence-electron chi connectivity index (χ4n) is 4.09. The van der Waals surface area contributed by atoms with Crippen molar-refractivity contribution in [2.45, 2.75) is 49.4 Å². The number of nitrogens with zero attached hydrogens (tertiary/aromatic N) is 4. The summed E-state index contributed by atoms with van der Waals surface area (Å²) in [5, 5.41) is 5.86. The van der Waals surface area contributed by atoms with Crippen LogP contribution in [0.2, 0.25) is 5.02 Å². The van der Waals surface area contributed by atoms with E-state index < -0.39 is 0 Å². The molecule has 1 aliphatic carbocycles. The third-order valence-electron chi connectivity index (χ3n) is 5.89. The van der Waals surface area contributed by atoms with Crippen molar-refractivity contribution in [1.82, 2.24) is 19.6 Å². The standard InChI is InChI=1S/C25H23ClN4OS/c1-15(2)17-6-8-18(9-7-17)19-11-22-21(23(31)12-19)13-30-24(27-22)28-25(29-30)32-14-16-4-3-5-20(26)10-16/h3-10,13,15,19H,11-12,14H2,1-2H3/t19-/m1/s1. The lowest BCUT2D eigenvalue weighted by Crippen LogP contribution is -2.21. The molecule has 5 nitrogen and oxygen atoms in total. The van der Waals surface area contributed by atoms with Crippen molar-refractivity contribution in [3.05, 3.63) is 87.7 Å². The van der Waals surface area contributed by atoms with Gasteiger partial charge in [-0.1, -0.05) is 73.6 Å². The van der Waals surface area contributed by atoms with Gasteiger partial charge in [0.15, 0.2) is 5.78 Å². The Balaban J connectivity index is 1.38. The highest BCUT2D eigenvalue weighted by Gasteiger charge is 2.28. The number of benzene rings is 2. The average molecular weight is 463 g/mol. The molecule has 0 fully saturated rings. The molecule has 1 aliphatic rings. The van der Waals surface area contributed by atoms with Crippen LogP contribution in [0.1, 0.15) is 64.8 Å². The number of ketones is 1. The minimum Gasteiger partial charge on any atom is -0.294 e. The molecule has 7 heteroatoms. The maximum Gasteiger partial charge on any atom is 0.253 e. The molecule has 0 aliphatic heterocycles. The van der Waals surface area contributed by atoms with Crippen LogP contribution < -0.4 is 0 Å². The van der Waals surface area contributed by atoms with Crippen LogP contribution in [0.4, 0.5) is 0 Å². The molecule has 0 N–H and O–H groups in total. The fraction of sp³-hybridized carbons (Fsp3) is 0.280. The summed E-state index contributed by atoms with van der Waals surface area (Å²) in [6, 6.07) is 16.4. The van der Waals surface area contributed by atoms with Gasteiger partial charge in [0.25, 0.3) is 5.78 Å². The molecule has 2 heterocycles. The van der Waals surface area contributed by atoms with Crippen molar-refractivity contribution in [2.24, 2.45) is 0 Å². The van der Waals surface area contributed by atoms with Gasteiger partial charge in [-0.15, -0.1) is 5.10 Å². The Bertz CT molecular complexity index is 1300. The van der Waals surface area contributed by atoms with E-state index in [0.717, 1.165) is 17.7 Å². The number of Topliss-reactive ketones (excluding diaryl/α,β-unsaturated/α-hetero) is 1. The summed E-state index contributed by atoms with van der Waals surface area (Å²) in [4.78, 5) is 22.2. The molecule has 162 valence electrons. The number of fused-ring (bicyclic) bond motifs is 2. The largest absolute Gasteiger partial charge is 0.294 e. The highest BCUT2D eigenvalue weighted by atomic mass is 35.5. The zero-order chi connectivity index (χ0) is 22.2. The van der Waals surface area contributed by atoms with Crippen molar-refractivity contribution in [3.63, 3.8) is 0 Å². The first-order chi connectivity index (χ1) is 15.5. The highest BCUT2D eigenvalue weighted by molar-refractivity contribution is 7.98. The summed E-state index contributed by atoms with van der Waals surface area (Å²) >= 11 is 7.59. The predicted molar refractivity (Wildman–Crippen MR) is 128 cm³/mol. The Kier molecular flexibility index (Phi) is 5.74. The quantitative estimate of drug-likeness (QED) is 0.335. The van der Waals surface area contributed by atoms with E-state index in [1.165, 1.54) is 22.9 Å². The minimum atomic E-state index is 0.113. The second-order valence-corrected chi connectivity index (χ2v) is 9.89. The first kappa shape index (κ1) is 21.2. The van der Waals surface area contributed by atoms with Gasteiger partial charge < -0.3 is 0 Å². The van der Waals surface area contributed by atoms with E-state index in [1.54, 1.807) is 10.7 Å². The Labute approximate surface area is 196 Å². The highest BCUT2D eigenvalue weighted by Crippen LogP contribution is 2.33. The van der Waals surface area contributed by atoms with Crippen LogP contribution in [-0.4, -0.2) is 25.4 Å². The van der Waals surface area contributed by atoms with E-state index in [0.29, 0.717) is 39.6 Å². The van der Waals surface area contributed by atoms with Crippen molar-refractivity contribution in [3.8, 4) is 0 Å². The van der Waals surface area contributed by atoms with Gasteiger partial charge in [0.05, 0.1) is 11.3 Å². The average Bonchev–Trinajstić information content (AvgIpc) is 3.18. The minimum absolute atomic E-state index is 0.113. The lowest BCUT2D eigenvalue weighted by molar-refractivity contribution is 0.0962. The Morgan fingerprint density at radius 1 is 1.12 bits per heavy atom. The zero-order valence-electron chi connectivity index (χ0n) is 18.0. The number of hydrogen-bond donors (Lipinski definition) is 0. The van der Waals surface area contributed by atoms with E-state index in [9.17, 15) is 4.79 Å². The molecule has 2 aromatic heterocycles. The Hall–Kier alpha value is -2.70. The topological polar surface area (TPSA) is 60.2 Å². The summed E-state index contributed by atoms with van der Waals surface area (Å²) in [7, 11) is 0. The van der Waals surface area contributed by atoms with Gasteiger partial charge in [0.1, 0.15) is 0 Å². The number of aromatic nitrogens is 4. The van der Waals surface area contributed by atoms with Gasteiger partial charge >= 0.3 is 0 Å². The van der Waals surface area contributed by atoms with Crippen molar-refractivity contribution in [2.75, 3.05) is 0 Å². The lowest BCUT2D eigenvalue weighted by atomic mass is 9.81. The van der Waals surface area contributed by atoms with E-state index in [4.69, 9.17) is 16.6 Å². The SMILES string of the molecule is CC(C)c1ccc([C@H]2CC(=O)c3cn4nc(SCc5cccc(Cl)c5)nc4nc3C2)cc1. The molecule has 0 saturated heterocycles. The molecule has 2 aromatic carbocycles. The van der Waals surface area contributed by atoms with Gasteiger partial charge in [-0.3, -0.25) is 4.79 Å². The third kappa shape index (κ3) is 4.30. The van der Waals surface area contributed by atoms with Crippen molar-refractivity contribution < 1.29 is 4.79 Å². The molecule has 0 unspecified atom stereocenters. The van der Waals surface area contributed by atoms with Crippen LogP contribution in [-0.2, 0) is 12.2 Å². The van der Waals surface area contributed by atoms with E-state index in [1.807, 2.05) is 24.3 Å². The third-order valence-corrected chi connectivity index (χ3v) is 7.04. The fourth-order valence-corrected chi connectivity index (χ4v) is 5.07. The number of thioether (sulfide) groups is 1. The van der Waals surface area contributed by atoms with Crippen LogP contribution in [0.5, 0.6) is 0 Å². The molecule has 0 saturated carbocycles. The predicted octanol–water partition coefficient (Wildman–Crippen LogP) is 6.11. The molecule has 4 aromatic rings. The lowest BCUT2D eigenvalue weighted by Gasteiger charge is -2.23. The van der Waals surface area contributed by atoms with E-state index >= 15 is 0 Å². The maximum atomic E-state index is 12.9. The van der Waals surface area contributed by atoms with Crippen LogP contribution in [0, 0.1) is 0 Å². The summed E-state index contributed by atoms with van der Waals surface area (Å²) in [6.07, 6.45) is 3.01. The van der Waals surface area contributed by atoms with Gasteiger partial charge in [-0.2, -0.15) is 4.98 Å². The monoisotopic (exact) mass is 462 g/mol. The van der Waals surface area contributed by atoms with Crippen molar-refractivity contribution >= 4 is 34.9 Å². The molecular weight excluding hydrogens is 440 g/mol. The first-order valence-electron chi connectivity index (χ1n) is 10.7. The Morgan fingerprint density at radius 3 is 2.69 bits per heavy atom. The maximum absolute atomic E-state index is 12.9. The number of hydrogen-bond acceptors (Lipinski definition) is 5. The van der Waals surface area contributed by atoms with Gasteiger partial charge in [0, 0.05) is 23.4 Å². The Morgan fingerprint density at radius 2 is 1.94 bits per heavy atom. The van der Waals surface area contributed by atoms with Crippen LogP contribution in [0.3, 0.4) is 0 Å². The number of halogens is 1. The molecule has 0 radical (unpaired) electrons. The number of rotatable bonds is 5. The summed E-state index contributed by atoms with van der Waals surface area (Å²) < 4.78 is 1.62. The number of carbonyl (C=O) groups is 1. The molecule has 0 amide bonds. The molecule has 1 atom stereocenters. The molecule has 32 heavy (non-hydrogen) atoms. The zero-order valence-corrected chi connectivity index (χ0v) is 19.5.